The van der Waals surface area contributed by atoms with Gasteiger partial charge in [0, 0.05) is 39.4 Å². The fourth-order valence-electron chi connectivity index (χ4n) is 3.80. The van der Waals surface area contributed by atoms with Crippen LogP contribution in [0.1, 0.15) is 25.7 Å². The standard InChI is InChI=1S/C21H20Cl3N3O2S/c22-13-2-8-21(18(24)11-13)30(28,29)27-16-5-3-15(4-6-16)26-19-9-10-25-20-12-14(23)1-7-17(19)20/h1-2,7-12,15-16,27H,3-6H2,(H,25,26). The zero-order chi connectivity index (χ0) is 21.3. The number of pyridine rings is 1. The van der Waals surface area contributed by atoms with Crippen LogP contribution in [0.5, 0.6) is 0 Å². The molecule has 1 aromatic heterocycles. The fraction of sp³-hybridized carbons (Fsp3) is 0.286. The van der Waals surface area contributed by atoms with E-state index < -0.39 is 10.0 Å². The van der Waals surface area contributed by atoms with E-state index >= 15 is 0 Å². The molecule has 1 heterocycles. The lowest BCUT2D eigenvalue weighted by molar-refractivity contribution is 0.387. The van der Waals surface area contributed by atoms with Crippen molar-refractivity contribution < 1.29 is 8.42 Å². The van der Waals surface area contributed by atoms with Crippen LogP contribution in [0.3, 0.4) is 0 Å². The molecule has 0 spiro atoms. The summed E-state index contributed by atoms with van der Waals surface area (Å²) in [6.07, 6.45) is 4.92. The fourth-order valence-corrected chi connectivity index (χ4v) is 6.04. The van der Waals surface area contributed by atoms with Gasteiger partial charge in [-0.3, -0.25) is 4.98 Å². The van der Waals surface area contributed by atoms with E-state index in [1.807, 2.05) is 24.3 Å². The van der Waals surface area contributed by atoms with Gasteiger partial charge in [0.1, 0.15) is 4.90 Å². The summed E-state index contributed by atoms with van der Waals surface area (Å²) in [5.41, 5.74) is 1.85. The number of sulfonamides is 1. The van der Waals surface area contributed by atoms with Crippen LogP contribution in [0.15, 0.2) is 53.6 Å². The van der Waals surface area contributed by atoms with Gasteiger partial charge in [-0.05, 0) is 68.1 Å². The Balaban J connectivity index is 1.40. The van der Waals surface area contributed by atoms with Crippen LogP contribution in [0.25, 0.3) is 10.9 Å². The average Bonchev–Trinajstić information content (AvgIpc) is 2.69. The second kappa shape index (κ2) is 8.89. The zero-order valence-electron chi connectivity index (χ0n) is 15.9. The van der Waals surface area contributed by atoms with E-state index in [1.165, 1.54) is 18.2 Å². The van der Waals surface area contributed by atoms with E-state index in [0.717, 1.165) is 42.3 Å². The van der Waals surface area contributed by atoms with Gasteiger partial charge in [0.15, 0.2) is 0 Å². The maximum Gasteiger partial charge on any atom is 0.242 e. The molecule has 1 fully saturated rings. The molecule has 2 N–H and O–H groups in total. The molecule has 0 atom stereocenters. The van der Waals surface area contributed by atoms with Crippen molar-refractivity contribution in [1.29, 1.82) is 0 Å². The minimum atomic E-state index is -3.70. The Kier molecular flexibility index (Phi) is 6.42. The Morgan fingerprint density at radius 2 is 1.53 bits per heavy atom. The Bertz CT molecular complexity index is 1180. The normalized spacial score (nSPS) is 19.7. The lowest BCUT2D eigenvalue weighted by Crippen LogP contribution is -2.40. The number of fused-ring (bicyclic) bond motifs is 1. The van der Waals surface area contributed by atoms with Gasteiger partial charge in [0.2, 0.25) is 10.0 Å². The minimum absolute atomic E-state index is 0.0516. The van der Waals surface area contributed by atoms with Gasteiger partial charge in [0.25, 0.3) is 0 Å². The number of aromatic nitrogens is 1. The molecule has 0 amide bonds. The third-order valence-corrected chi connectivity index (χ3v) is 7.77. The number of nitrogens with one attached hydrogen (secondary N) is 2. The molecule has 9 heteroatoms. The largest absolute Gasteiger partial charge is 0.382 e. The topological polar surface area (TPSA) is 71.1 Å². The van der Waals surface area contributed by atoms with Crippen LogP contribution < -0.4 is 10.0 Å². The van der Waals surface area contributed by atoms with E-state index in [2.05, 4.69) is 15.0 Å². The van der Waals surface area contributed by atoms with E-state index in [4.69, 9.17) is 34.8 Å². The number of hydrogen-bond acceptors (Lipinski definition) is 4. The molecule has 2 aromatic carbocycles. The van der Waals surface area contributed by atoms with Crippen LogP contribution in [0, 0.1) is 0 Å². The van der Waals surface area contributed by atoms with Crippen LogP contribution in [0.4, 0.5) is 5.69 Å². The lowest BCUT2D eigenvalue weighted by Gasteiger charge is -2.30. The molecular weight excluding hydrogens is 465 g/mol. The number of halogens is 3. The van der Waals surface area contributed by atoms with Crippen LogP contribution in [-0.4, -0.2) is 25.5 Å². The number of nitrogens with zero attached hydrogens (tertiary/aromatic N) is 1. The molecule has 0 aliphatic heterocycles. The minimum Gasteiger partial charge on any atom is -0.382 e. The number of rotatable bonds is 5. The second-order valence-electron chi connectivity index (χ2n) is 7.41. The van der Waals surface area contributed by atoms with Crippen molar-refractivity contribution in [3.05, 3.63) is 63.7 Å². The van der Waals surface area contributed by atoms with E-state index in [1.54, 1.807) is 6.20 Å². The molecule has 1 aliphatic rings. The molecule has 30 heavy (non-hydrogen) atoms. The van der Waals surface area contributed by atoms with E-state index in [9.17, 15) is 8.42 Å². The molecule has 0 radical (unpaired) electrons. The Morgan fingerprint density at radius 1 is 0.867 bits per heavy atom. The van der Waals surface area contributed by atoms with Gasteiger partial charge in [-0.25, -0.2) is 13.1 Å². The summed E-state index contributed by atoms with van der Waals surface area (Å²) < 4.78 is 28.2. The SMILES string of the molecule is O=S(=O)(NC1CCC(Nc2ccnc3cc(Cl)ccc23)CC1)c1ccc(Cl)cc1Cl. The van der Waals surface area contributed by atoms with Crippen molar-refractivity contribution in [2.45, 2.75) is 42.7 Å². The molecule has 158 valence electrons. The van der Waals surface area contributed by atoms with Gasteiger partial charge < -0.3 is 5.32 Å². The van der Waals surface area contributed by atoms with Crippen molar-refractivity contribution in [3.63, 3.8) is 0 Å². The zero-order valence-corrected chi connectivity index (χ0v) is 19.0. The molecule has 0 bridgehead atoms. The second-order valence-corrected chi connectivity index (χ2v) is 10.4. The van der Waals surface area contributed by atoms with Gasteiger partial charge >= 0.3 is 0 Å². The molecule has 5 nitrogen and oxygen atoms in total. The first-order valence-electron chi connectivity index (χ1n) is 9.60. The Morgan fingerprint density at radius 3 is 2.27 bits per heavy atom. The number of anilines is 1. The highest BCUT2D eigenvalue weighted by Gasteiger charge is 2.27. The predicted octanol–water partition coefficient (Wildman–Crippen LogP) is 5.90. The van der Waals surface area contributed by atoms with Crippen molar-refractivity contribution in [2.24, 2.45) is 0 Å². The Labute approximate surface area is 190 Å². The Hall–Kier alpha value is -1.57. The molecule has 3 aromatic rings. The lowest BCUT2D eigenvalue weighted by atomic mass is 9.91. The quantitative estimate of drug-likeness (QED) is 0.473. The maximum atomic E-state index is 12.7. The van der Waals surface area contributed by atoms with Crippen molar-refractivity contribution in [1.82, 2.24) is 9.71 Å². The maximum absolute atomic E-state index is 12.7. The third-order valence-electron chi connectivity index (χ3n) is 5.30. The van der Waals surface area contributed by atoms with Gasteiger partial charge in [-0.1, -0.05) is 34.8 Å². The van der Waals surface area contributed by atoms with E-state index in [0.29, 0.717) is 10.0 Å². The van der Waals surface area contributed by atoms with Gasteiger partial charge in [0.05, 0.1) is 10.5 Å². The highest BCUT2D eigenvalue weighted by atomic mass is 35.5. The molecular formula is C21H20Cl3N3O2S. The summed E-state index contributed by atoms with van der Waals surface area (Å²) in [5.74, 6) is 0. The van der Waals surface area contributed by atoms with Crippen molar-refractivity contribution in [3.8, 4) is 0 Å². The van der Waals surface area contributed by atoms with Gasteiger partial charge in [-0.15, -0.1) is 0 Å². The summed E-state index contributed by atoms with van der Waals surface area (Å²) in [4.78, 5) is 4.42. The molecule has 0 saturated heterocycles. The van der Waals surface area contributed by atoms with Crippen molar-refractivity contribution in [2.75, 3.05) is 5.32 Å². The average molecular weight is 485 g/mol. The summed E-state index contributed by atoms with van der Waals surface area (Å²) >= 11 is 18.0. The summed E-state index contributed by atoms with van der Waals surface area (Å²) in [6, 6.07) is 12.1. The van der Waals surface area contributed by atoms with Crippen LogP contribution >= 0.6 is 34.8 Å². The first kappa shape index (κ1) is 21.7. The molecule has 1 aliphatic carbocycles. The smallest absolute Gasteiger partial charge is 0.242 e. The first-order chi connectivity index (χ1) is 14.3. The van der Waals surface area contributed by atoms with Crippen molar-refractivity contribution >= 4 is 61.4 Å². The summed E-state index contributed by atoms with van der Waals surface area (Å²) in [6.45, 7) is 0. The summed E-state index contributed by atoms with van der Waals surface area (Å²) in [7, 11) is -3.70. The highest BCUT2D eigenvalue weighted by molar-refractivity contribution is 7.89. The molecule has 0 unspecified atom stereocenters. The number of benzene rings is 2. The van der Waals surface area contributed by atoms with Gasteiger partial charge in [-0.2, -0.15) is 0 Å². The first-order valence-corrected chi connectivity index (χ1v) is 12.2. The predicted molar refractivity (Wildman–Crippen MR) is 123 cm³/mol. The highest BCUT2D eigenvalue weighted by Crippen LogP contribution is 2.30. The molecule has 4 rings (SSSR count). The third kappa shape index (κ3) is 4.84. The molecule has 1 saturated carbocycles. The summed E-state index contributed by atoms with van der Waals surface area (Å²) in [5, 5.41) is 5.77. The van der Waals surface area contributed by atoms with Crippen LogP contribution in [0.2, 0.25) is 15.1 Å². The van der Waals surface area contributed by atoms with E-state index in [-0.39, 0.29) is 22.0 Å². The number of hydrogen-bond donors (Lipinski definition) is 2. The van der Waals surface area contributed by atoms with Crippen LogP contribution in [-0.2, 0) is 10.0 Å². The monoisotopic (exact) mass is 483 g/mol.